The Kier molecular flexibility index (Phi) is 2.08. The zero-order valence-corrected chi connectivity index (χ0v) is 9.28. The van der Waals surface area contributed by atoms with E-state index in [0.717, 1.165) is 0 Å². The molecule has 1 aliphatic heterocycles. The van der Waals surface area contributed by atoms with Gasteiger partial charge in [0.15, 0.2) is 0 Å². The number of carboxylic acid groups (broad SMARTS) is 1. The van der Waals surface area contributed by atoms with E-state index in [4.69, 9.17) is 9.84 Å². The number of ether oxygens (including phenoxy) is 1. The van der Waals surface area contributed by atoms with Gasteiger partial charge in [-0.2, -0.15) is 0 Å². The number of benzene rings is 1. The lowest BCUT2D eigenvalue weighted by Gasteiger charge is -2.56. The molecule has 1 aromatic rings. The molecule has 1 aromatic carbocycles. The van der Waals surface area contributed by atoms with E-state index in [2.05, 4.69) is 0 Å². The smallest absolute Gasteiger partial charge is 0.335 e. The molecule has 0 atom stereocenters. The quantitative estimate of drug-likeness (QED) is 0.857. The molecule has 1 saturated heterocycles. The van der Waals surface area contributed by atoms with Crippen molar-refractivity contribution in [3.05, 3.63) is 35.4 Å². The lowest BCUT2D eigenvalue weighted by molar-refractivity contribution is -0.220. The van der Waals surface area contributed by atoms with Crippen molar-refractivity contribution in [3.8, 4) is 0 Å². The molecule has 2 aliphatic rings. The molecule has 4 heteroatoms. The minimum Gasteiger partial charge on any atom is -0.478 e. The van der Waals surface area contributed by atoms with E-state index in [0.29, 0.717) is 31.6 Å². The van der Waals surface area contributed by atoms with Gasteiger partial charge in [0.1, 0.15) is 5.67 Å². The van der Waals surface area contributed by atoms with Gasteiger partial charge < -0.3 is 9.84 Å². The molecular weight excluding hydrogens is 223 g/mol. The average molecular weight is 236 g/mol. The predicted molar refractivity (Wildman–Crippen MR) is 58.7 cm³/mol. The van der Waals surface area contributed by atoms with Crippen molar-refractivity contribution in [1.82, 2.24) is 0 Å². The highest BCUT2D eigenvalue weighted by Crippen LogP contribution is 2.59. The van der Waals surface area contributed by atoms with E-state index in [-0.39, 0.29) is 11.0 Å². The SMILES string of the molecule is O=C(O)c1cccc(C2(F)CC3(COC3)C2)c1. The average Bonchev–Trinajstić information content (AvgIpc) is 2.22. The second kappa shape index (κ2) is 3.29. The summed E-state index contributed by atoms with van der Waals surface area (Å²) in [5, 5.41) is 8.88. The number of aromatic carboxylic acids is 1. The number of rotatable bonds is 2. The summed E-state index contributed by atoms with van der Waals surface area (Å²) in [5.74, 6) is -1.02. The molecule has 0 bridgehead atoms. The first-order valence-electron chi connectivity index (χ1n) is 5.64. The first kappa shape index (κ1) is 10.7. The third-order valence-electron chi connectivity index (χ3n) is 3.75. The van der Waals surface area contributed by atoms with Crippen LogP contribution in [0.3, 0.4) is 0 Å². The summed E-state index contributed by atoms with van der Waals surface area (Å²) in [6.07, 6.45) is 0.895. The van der Waals surface area contributed by atoms with Gasteiger partial charge in [0.25, 0.3) is 0 Å². The lowest BCUT2D eigenvalue weighted by Crippen LogP contribution is -2.57. The van der Waals surface area contributed by atoms with Crippen LogP contribution in [-0.2, 0) is 10.4 Å². The number of carboxylic acids is 1. The Morgan fingerprint density at radius 3 is 2.59 bits per heavy atom. The maximum atomic E-state index is 14.5. The zero-order chi connectivity index (χ0) is 12.1. The van der Waals surface area contributed by atoms with Crippen LogP contribution in [0, 0.1) is 5.41 Å². The third kappa shape index (κ3) is 1.55. The Bertz CT molecular complexity index is 471. The minimum absolute atomic E-state index is 0.0218. The van der Waals surface area contributed by atoms with Crippen molar-refractivity contribution in [2.45, 2.75) is 18.5 Å². The topological polar surface area (TPSA) is 46.5 Å². The number of hydrogen-bond donors (Lipinski definition) is 1. The Balaban J connectivity index is 1.85. The normalized spacial score (nSPS) is 23.8. The van der Waals surface area contributed by atoms with Gasteiger partial charge in [-0.25, -0.2) is 9.18 Å². The Morgan fingerprint density at radius 1 is 1.35 bits per heavy atom. The molecule has 3 nitrogen and oxygen atoms in total. The van der Waals surface area contributed by atoms with Crippen LogP contribution in [0.2, 0.25) is 0 Å². The summed E-state index contributed by atoms with van der Waals surface area (Å²) in [7, 11) is 0. The van der Waals surface area contributed by atoms with Gasteiger partial charge in [0.2, 0.25) is 0 Å². The van der Waals surface area contributed by atoms with E-state index in [1.165, 1.54) is 12.1 Å². The summed E-state index contributed by atoms with van der Waals surface area (Å²) < 4.78 is 19.7. The van der Waals surface area contributed by atoms with Gasteiger partial charge >= 0.3 is 5.97 Å². The van der Waals surface area contributed by atoms with Crippen LogP contribution in [0.4, 0.5) is 4.39 Å². The first-order chi connectivity index (χ1) is 8.03. The first-order valence-corrected chi connectivity index (χ1v) is 5.64. The van der Waals surface area contributed by atoms with Gasteiger partial charge in [0, 0.05) is 5.41 Å². The van der Waals surface area contributed by atoms with Crippen LogP contribution in [0.25, 0.3) is 0 Å². The standard InChI is InChI=1S/C13H13FO3/c14-13(5-12(6-13)7-17-8-12)10-3-1-2-9(4-10)11(15)16/h1-4H,5-8H2,(H,15,16). The second-order valence-corrected chi connectivity index (χ2v) is 5.20. The number of hydrogen-bond acceptors (Lipinski definition) is 2. The van der Waals surface area contributed by atoms with Crippen molar-refractivity contribution in [1.29, 1.82) is 0 Å². The van der Waals surface area contributed by atoms with E-state index in [9.17, 15) is 9.18 Å². The highest BCUT2D eigenvalue weighted by atomic mass is 19.1. The molecule has 1 aliphatic carbocycles. The van der Waals surface area contributed by atoms with Crippen LogP contribution in [0.15, 0.2) is 24.3 Å². The van der Waals surface area contributed by atoms with E-state index < -0.39 is 11.6 Å². The fourth-order valence-electron chi connectivity index (χ4n) is 2.87. The third-order valence-corrected chi connectivity index (χ3v) is 3.75. The number of carbonyl (C=O) groups is 1. The van der Waals surface area contributed by atoms with Crippen molar-refractivity contribution in [2.75, 3.05) is 13.2 Å². The van der Waals surface area contributed by atoms with Crippen LogP contribution >= 0.6 is 0 Å². The van der Waals surface area contributed by atoms with Crippen LogP contribution < -0.4 is 0 Å². The molecule has 0 radical (unpaired) electrons. The van der Waals surface area contributed by atoms with Gasteiger partial charge in [-0.15, -0.1) is 0 Å². The van der Waals surface area contributed by atoms with Gasteiger partial charge in [-0.1, -0.05) is 12.1 Å². The van der Waals surface area contributed by atoms with E-state index in [1.54, 1.807) is 12.1 Å². The number of alkyl halides is 1. The Morgan fingerprint density at radius 2 is 2.06 bits per heavy atom. The maximum Gasteiger partial charge on any atom is 0.335 e. The summed E-state index contributed by atoms with van der Waals surface area (Å²) in [5.41, 5.74) is -0.719. The molecule has 2 fully saturated rings. The fraction of sp³-hybridized carbons (Fsp3) is 0.462. The summed E-state index contributed by atoms with van der Waals surface area (Å²) in [6, 6.07) is 6.19. The molecular formula is C13H13FO3. The van der Waals surface area contributed by atoms with Crippen molar-refractivity contribution in [2.24, 2.45) is 5.41 Å². The predicted octanol–water partition coefficient (Wildman–Crippen LogP) is 2.36. The molecule has 17 heavy (non-hydrogen) atoms. The molecule has 0 unspecified atom stereocenters. The van der Waals surface area contributed by atoms with E-state index in [1.807, 2.05) is 0 Å². The van der Waals surface area contributed by atoms with Crippen molar-refractivity contribution in [3.63, 3.8) is 0 Å². The highest BCUT2D eigenvalue weighted by molar-refractivity contribution is 5.87. The maximum absolute atomic E-state index is 14.5. The summed E-state index contributed by atoms with van der Waals surface area (Å²) in [4.78, 5) is 10.8. The molecule has 1 heterocycles. The molecule has 1 N–H and O–H groups in total. The second-order valence-electron chi connectivity index (χ2n) is 5.20. The zero-order valence-electron chi connectivity index (χ0n) is 9.28. The molecule has 1 saturated carbocycles. The summed E-state index contributed by atoms with van der Waals surface area (Å²) >= 11 is 0. The monoisotopic (exact) mass is 236 g/mol. The highest BCUT2D eigenvalue weighted by Gasteiger charge is 2.59. The molecule has 3 rings (SSSR count). The molecule has 0 aromatic heterocycles. The molecule has 1 spiro atoms. The summed E-state index contributed by atoms with van der Waals surface area (Å²) in [6.45, 7) is 1.27. The van der Waals surface area contributed by atoms with Crippen molar-refractivity contribution >= 4 is 5.97 Å². The van der Waals surface area contributed by atoms with E-state index >= 15 is 0 Å². The largest absolute Gasteiger partial charge is 0.478 e. The van der Waals surface area contributed by atoms with Crippen LogP contribution in [0.5, 0.6) is 0 Å². The van der Waals surface area contributed by atoms with Crippen LogP contribution in [0.1, 0.15) is 28.8 Å². The Labute approximate surface area is 98.2 Å². The minimum atomic E-state index is -1.37. The molecule has 0 amide bonds. The lowest BCUT2D eigenvalue weighted by atomic mass is 9.57. The number of halogens is 1. The van der Waals surface area contributed by atoms with Gasteiger partial charge in [-0.3, -0.25) is 0 Å². The van der Waals surface area contributed by atoms with Crippen molar-refractivity contribution < 1.29 is 19.0 Å². The molecule has 90 valence electrons. The van der Waals surface area contributed by atoms with Gasteiger partial charge in [0.05, 0.1) is 18.8 Å². The van der Waals surface area contributed by atoms with Crippen LogP contribution in [-0.4, -0.2) is 24.3 Å². The fourth-order valence-corrected chi connectivity index (χ4v) is 2.87. The van der Waals surface area contributed by atoms with Gasteiger partial charge in [-0.05, 0) is 30.5 Å². The Hall–Kier alpha value is -1.42.